The highest BCUT2D eigenvalue weighted by Crippen LogP contribution is 2.14. The highest BCUT2D eigenvalue weighted by Gasteiger charge is 2.10. The van der Waals surface area contributed by atoms with Crippen LogP contribution in [0.25, 0.3) is 0 Å². The van der Waals surface area contributed by atoms with Crippen molar-refractivity contribution >= 4 is 11.3 Å². The molecule has 2 rings (SSSR count). The van der Waals surface area contributed by atoms with Crippen LogP contribution in [0, 0.1) is 0 Å². The Balaban J connectivity index is 1.63. The predicted molar refractivity (Wildman–Crippen MR) is 68.0 cm³/mol. The second kappa shape index (κ2) is 6.35. The molecule has 1 aromatic rings. The molecule has 1 aliphatic heterocycles. The third-order valence-electron chi connectivity index (χ3n) is 3.03. The Labute approximate surface area is 101 Å². The molecule has 1 aromatic heterocycles. The van der Waals surface area contributed by atoms with Gasteiger partial charge in [-0.2, -0.15) is 11.3 Å². The van der Waals surface area contributed by atoms with Crippen molar-refractivity contribution in [3.63, 3.8) is 0 Å². The molecule has 1 N–H and O–H groups in total. The third-order valence-corrected chi connectivity index (χ3v) is 3.73. The molecule has 1 atom stereocenters. The normalized spacial score (nSPS) is 19.8. The molecule has 1 fully saturated rings. The van der Waals surface area contributed by atoms with Gasteiger partial charge in [0, 0.05) is 32.2 Å². The summed E-state index contributed by atoms with van der Waals surface area (Å²) in [5.41, 5.74) is 1.40. The van der Waals surface area contributed by atoms with Crippen molar-refractivity contribution in [2.45, 2.75) is 13.0 Å². The zero-order valence-electron chi connectivity index (χ0n) is 9.82. The van der Waals surface area contributed by atoms with Crippen LogP contribution in [0.4, 0.5) is 0 Å². The topological polar surface area (TPSA) is 24.5 Å². The molecular formula is C12H20N2OS. The summed E-state index contributed by atoms with van der Waals surface area (Å²) in [5.74, 6) is 0. The SMILES string of the molecule is CC(NCCN1CCOCC1)c1ccsc1. The van der Waals surface area contributed by atoms with Gasteiger partial charge in [0.25, 0.3) is 0 Å². The van der Waals surface area contributed by atoms with E-state index in [0.717, 1.165) is 39.4 Å². The summed E-state index contributed by atoms with van der Waals surface area (Å²) in [4.78, 5) is 2.46. The van der Waals surface area contributed by atoms with Crippen LogP contribution < -0.4 is 5.32 Å². The van der Waals surface area contributed by atoms with E-state index in [-0.39, 0.29) is 0 Å². The van der Waals surface area contributed by atoms with Gasteiger partial charge in [-0.15, -0.1) is 0 Å². The average Bonchev–Trinajstić information content (AvgIpc) is 2.84. The zero-order chi connectivity index (χ0) is 11.2. The standard InChI is InChI=1S/C12H20N2OS/c1-11(12-2-9-16-10-12)13-3-4-14-5-7-15-8-6-14/h2,9-11,13H,3-8H2,1H3. The van der Waals surface area contributed by atoms with Crippen LogP contribution in [0.15, 0.2) is 16.8 Å². The first-order chi connectivity index (χ1) is 7.86. The van der Waals surface area contributed by atoms with E-state index in [1.807, 2.05) is 0 Å². The van der Waals surface area contributed by atoms with Crippen LogP contribution in [0.2, 0.25) is 0 Å². The van der Waals surface area contributed by atoms with Gasteiger partial charge in [0.2, 0.25) is 0 Å². The number of rotatable bonds is 5. The quantitative estimate of drug-likeness (QED) is 0.848. The van der Waals surface area contributed by atoms with E-state index in [1.54, 1.807) is 11.3 Å². The van der Waals surface area contributed by atoms with Crippen molar-refractivity contribution in [3.8, 4) is 0 Å². The second-order valence-corrected chi connectivity index (χ2v) is 4.97. The van der Waals surface area contributed by atoms with E-state index in [4.69, 9.17) is 4.74 Å². The summed E-state index contributed by atoms with van der Waals surface area (Å²) < 4.78 is 5.33. The predicted octanol–water partition coefficient (Wildman–Crippen LogP) is 1.73. The molecule has 16 heavy (non-hydrogen) atoms. The molecule has 90 valence electrons. The van der Waals surface area contributed by atoms with Crippen molar-refractivity contribution in [2.24, 2.45) is 0 Å². The van der Waals surface area contributed by atoms with Crippen LogP contribution in [0.5, 0.6) is 0 Å². The molecule has 2 heterocycles. The minimum atomic E-state index is 0.465. The van der Waals surface area contributed by atoms with Gasteiger partial charge in [-0.25, -0.2) is 0 Å². The van der Waals surface area contributed by atoms with Crippen LogP contribution in [-0.4, -0.2) is 44.3 Å². The Hall–Kier alpha value is -0.420. The Morgan fingerprint density at radius 3 is 3.00 bits per heavy atom. The monoisotopic (exact) mass is 240 g/mol. The Morgan fingerprint density at radius 1 is 1.50 bits per heavy atom. The fourth-order valence-electron chi connectivity index (χ4n) is 1.90. The van der Waals surface area contributed by atoms with Gasteiger partial charge in [-0.1, -0.05) is 0 Å². The summed E-state index contributed by atoms with van der Waals surface area (Å²) in [7, 11) is 0. The molecular weight excluding hydrogens is 220 g/mol. The molecule has 1 aliphatic rings. The van der Waals surface area contributed by atoms with Gasteiger partial charge in [0.15, 0.2) is 0 Å². The van der Waals surface area contributed by atoms with Gasteiger partial charge in [-0.05, 0) is 29.3 Å². The van der Waals surface area contributed by atoms with Gasteiger partial charge >= 0.3 is 0 Å². The number of hydrogen-bond donors (Lipinski definition) is 1. The zero-order valence-corrected chi connectivity index (χ0v) is 10.6. The molecule has 0 amide bonds. The molecule has 0 spiro atoms. The van der Waals surface area contributed by atoms with Gasteiger partial charge in [-0.3, -0.25) is 4.90 Å². The minimum Gasteiger partial charge on any atom is -0.379 e. The molecule has 4 heteroatoms. The van der Waals surface area contributed by atoms with Crippen LogP contribution in [-0.2, 0) is 4.74 Å². The van der Waals surface area contributed by atoms with E-state index in [2.05, 4.69) is 34.0 Å². The Morgan fingerprint density at radius 2 is 2.31 bits per heavy atom. The van der Waals surface area contributed by atoms with Crippen molar-refractivity contribution in [1.29, 1.82) is 0 Å². The number of ether oxygens (including phenoxy) is 1. The lowest BCUT2D eigenvalue weighted by atomic mass is 10.2. The number of nitrogens with zero attached hydrogens (tertiary/aromatic N) is 1. The molecule has 3 nitrogen and oxygen atoms in total. The molecule has 0 aromatic carbocycles. The van der Waals surface area contributed by atoms with Crippen LogP contribution >= 0.6 is 11.3 Å². The third kappa shape index (κ3) is 3.56. The number of nitrogens with one attached hydrogen (secondary N) is 1. The summed E-state index contributed by atoms with van der Waals surface area (Å²) >= 11 is 1.76. The maximum absolute atomic E-state index is 5.33. The molecule has 1 unspecified atom stereocenters. The number of thiophene rings is 1. The van der Waals surface area contributed by atoms with Crippen molar-refractivity contribution in [3.05, 3.63) is 22.4 Å². The van der Waals surface area contributed by atoms with Gasteiger partial charge in [0.05, 0.1) is 13.2 Å². The fraction of sp³-hybridized carbons (Fsp3) is 0.667. The molecule has 0 radical (unpaired) electrons. The first-order valence-electron chi connectivity index (χ1n) is 5.92. The lowest BCUT2D eigenvalue weighted by molar-refractivity contribution is 0.0382. The molecule has 0 aliphatic carbocycles. The van der Waals surface area contributed by atoms with E-state index in [0.29, 0.717) is 6.04 Å². The first-order valence-corrected chi connectivity index (χ1v) is 6.86. The lowest BCUT2D eigenvalue weighted by Crippen LogP contribution is -2.40. The van der Waals surface area contributed by atoms with E-state index in [9.17, 15) is 0 Å². The van der Waals surface area contributed by atoms with Crippen molar-refractivity contribution < 1.29 is 4.74 Å². The van der Waals surface area contributed by atoms with Crippen molar-refractivity contribution in [2.75, 3.05) is 39.4 Å². The van der Waals surface area contributed by atoms with E-state index in [1.165, 1.54) is 5.56 Å². The highest BCUT2D eigenvalue weighted by molar-refractivity contribution is 7.07. The molecule has 0 saturated carbocycles. The highest BCUT2D eigenvalue weighted by atomic mass is 32.1. The number of hydrogen-bond acceptors (Lipinski definition) is 4. The maximum Gasteiger partial charge on any atom is 0.0594 e. The smallest absolute Gasteiger partial charge is 0.0594 e. The summed E-state index contributed by atoms with van der Waals surface area (Å²) in [5, 5.41) is 7.91. The fourth-order valence-corrected chi connectivity index (χ4v) is 2.66. The van der Waals surface area contributed by atoms with E-state index >= 15 is 0 Å². The van der Waals surface area contributed by atoms with Gasteiger partial charge in [0.1, 0.15) is 0 Å². The second-order valence-electron chi connectivity index (χ2n) is 4.19. The lowest BCUT2D eigenvalue weighted by Gasteiger charge is -2.27. The van der Waals surface area contributed by atoms with Crippen LogP contribution in [0.1, 0.15) is 18.5 Å². The Kier molecular flexibility index (Phi) is 4.78. The average molecular weight is 240 g/mol. The van der Waals surface area contributed by atoms with Crippen LogP contribution in [0.3, 0.4) is 0 Å². The minimum absolute atomic E-state index is 0.465. The number of morpholine rings is 1. The summed E-state index contributed by atoms with van der Waals surface area (Å²) in [6.45, 7) is 8.33. The van der Waals surface area contributed by atoms with Crippen molar-refractivity contribution in [1.82, 2.24) is 10.2 Å². The largest absolute Gasteiger partial charge is 0.379 e. The molecule has 0 bridgehead atoms. The molecule has 1 saturated heterocycles. The first kappa shape index (κ1) is 12.0. The summed E-state index contributed by atoms with van der Waals surface area (Å²) in [6.07, 6.45) is 0. The van der Waals surface area contributed by atoms with E-state index < -0.39 is 0 Å². The Bertz CT molecular complexity index is 283. The maximum atomic E-state index is 5.33. The summed E-state index contributed by atoms with van der Waals surface area (Å²) in [6, 6.07) is 2.66. The van der Waals surface area contributed by atoms with Gasteiger partial charge < -0.3 is 10.1 Å².